The third kappa shape index (κ3) is 4.60. The highest BCUT2D eigenvalue weighted by Gasteiger charge is 2.29. The number of rotatable bonds is 6. The summed E-state index contributed by atoms with van der Waals surface area (Å²) in [6.45, 7) is 3.87. The van der Waals surface area contributed by atoms with Crippen molar-refractivity contribution in [2.75, 3.05) is 37.6 Å². The maximum absolute atomic E-state index is 14.7. The van der Waals surface area contributed by atoms with E-state index >= 15 is 0 Å². The first-order chi connectivity index (χ1) is 14.6. The average molecular weight is 431 g/mol. The first-order valence-corrected chi connectivity index (χ1v) is 11.2. The van der Waals surface area contributed by atoms with E-state index in [0.29, 0.717) is 22.7 Å². The van der Waals surface area contributed by atoms with Crippen molar-refractivity contribution in [2.24, 2.45) is 0 Å². The first kappa shape index (κ1) is 21.1. The molecule has 30 heavy (non-hydrogen) atoms. The Morgan fingerprint density at radius 2 is 1.80 bits per heavy atom. The van der Waals surface area contributed by atoms with Gasteiger partial charge in [-0.2, -0.15) is 0 Å². The van der Waals surface area contributed by atoms with Crippen molar-refractivity contribution in [1.82, 2.24) is 15.2 Å². The molecule has 1 amide bonds. The Hall–Kier alpha value is -2.18. The molecule has 1 aromatic carbocycles. The molecule has 0 spiro atoms. The number of nitrogens with zero attached hydrogens (tertiary/aromatic N) is 3. The normalized spacial score (nSPS) is 18.4. The number of hydrogen-bond acceptors (Lipinski definition) is 4. The van der Waals surface area contributed by atoms with Crippen molar-refractivity contribution in [3.8, 4) is 0 Å². The molecular weight excluding hydrogens is 403 g/mol. The minimum Gasteiger partial charge on any atom is -0.356 e. The van der Waals surface area contributed by atoms with E-state index in [1.165, 1.54) is 12.5 Å². The van der Waals surface area contributed by atoms with Crippen LogP contribution in [-0.2, 0) is 0 Å². The second kappa shape index (κ2) is 9.75. The van der Waals surface area contributed by atoms with E-state index in [-0.39, 0.29) is 17.8 Å². The molecule has 0 saturated carbocycles. The summed E-state index contributed by atoms with van der Waals surface area (Å²) >= 11 is 6.37. The summed E-state index contributed by atoms with van der Waals surface area (Å²) in [5.41, 5.74) is 1.03. The highest BCUT2D eigenvalue weighted by molar-refractivity contribution is 6.31. The quantitative estimate of drug-likeness (QED) is 0.736. The molecule has 2 saturated heterocycles. The minimum atomic E-state index is -0.330. The highest BCUT2D eigenvalue weighted by atomic mass is 35.5. The number of amides is 1. The number of nitrogens with one attached hydrogen (secondary N) is 1. The van der Waals surface area contributed by atoms with E-state index in [0.717, 1.165) is 57.7 Å². The Bertz CT molecular complexity index is 861. The van der Waals surface area contributed by atoms with Gasteiger partial charge in [-0.1, -0.05) is 17.7 Å². The lowest BCUT2D eigenvalue weighted by molar-refractivity contribution is 0.0937. The summed E-state index contributed by atoms with van der Waals surface area (Å²) in [6.07, 6.45) is 7.30. The summed E-state index contributed by atoms with van der Waals surface area (Å²) in [6, 6.07) is 8.06. The van der Waals surface area contributed by atoms with Crippen LogP contribution < -0.4 is 10.2 Å². The number of aromatic nitrogens is 1. The van der Waals surface area contributed by atoms with Gasteiger partial charge in [0.15, 0.2) is 0 Å². The zero-order chi connectivity index (χ0) is 20.9. The van der Waals surface area contributed by atoms with Gasteiger partial charge in [0.25, 0.3) is 5.91 Å². The fraction of sp³-hybridized carbons (Fsp3) is 0.478. The van der Waals surface area contributed by atoms with Gasteiger partial charge in [0.05, 0.1) is 11.6 Å². The van der Waals surface area contributed by atoms with Gasteiger partial charge in [0, 0.05) is 36.4 Å². The van der Waals surface area contributed by atoms with E-state index in [1.54, 1.807) is 24.4 Å². The third-order valence-corrected chi connectivity index (χ3v) is 6.39. The number of carbonyl (C=O) groups excluding carboxylic acids is 1. The maximum atomic E-state index is 14.7. The smallest absolute Gasteiger partial charge is 0.255 e. The molecule has 1 atom stereocenters. The molecule has 4 rings (SSSR count). The van der Waals surface area contributed by atoms with E-state index in [2.05, 4.69) is 20.1 Å². The van der Waals surface area contributed by atoms with Gasteiger partial charge in [-0.25, -0.2) is 9.37 Å². The topological polar surface area (TPSA) is 48.5 Å². The van der Waals surface area contributed by atoms with Crippen molar-refractivity contribution >= 4 is 23.3 Å². The van der Waals surface area contributed by atoms with Crippen LogP contribution >= 0.6 is 11.6 Å². The fourth-order valence-corrected chi connectivity index (χ4v) is 4.80. The number of carbonyl (C=O) groups is 1. The molecule has 5 nitrogen and oxygen atoms in total. The van der Waals surface area contributed by atoms with Crippen LogP contribution in [0.1, 0.15) is 54.1 Å². The molecule has 0 bridgehead atoms. The summed E-state index contributed by atoms with van der Waals surface area (Å²) in [5.74, 6) is 0.223. The van der Waals surface area contributed by atoms with Crippen LogP contribution in [0.3, 0.4) is 0 Å². The number of pyridine rings is 1. The minimum absolute atomic E-state index is 0.180. The first-order valence-electron chi connectivity index (χ1n) is 10.8. The molecule has 0 radical (unpaired) electrons. The van der Waals surface area contributed by atoms with Gasteiger partial charge >= 0.3 is 0 Å². The molecule has 2 aliphatic rings. The van der Waals surface area contributed by atoms with Crippen LogP contribution in [0, 0.1) is 5.82 Å². The van der Waals surface area contributed by atoms with Gasteiger partial charge < -0.3 is 10.2 Å². The number of benzene rings is 1. The Morgan fingerprint density at radius 3 is 2.53 bits per heavy atom. The summed E-state index contributed by atoms with van der Waals surface area (Å²) in [5, 5.41) is 3.44. The van der Waals surface area contributed by atoms with E-state index < -0.39 is 0 Å². The second-order valence-electron chi connectivity index (χ2n) is 8.03. The van der Waals surface area contributed by atoms with Gasteiger partial charge in [-0.05, 0) is 69.5 Å². The average Bonchev–Trinajstić information content (AvgIpc) is 3.31. The molecule has 0 aliphatic carbocycles. The van der Waals surface area contributed by atoms with Gasteiger partial charge in [0.2, 0.25) is 0 Å². The van der Waals surface area contributed by atoms with E-state index in [9.17, 15) is 9.18 Å². The number of anilines is 1. The number of piperidine rings is 1. The van der Waals surface area contributed by atoms with Crippen molar-refractivity contribution in [3.05, 3.63) is 58.5 Å². The molecule has 2 fully saturated rings. The molecule has 1 aromatic heterocycles. The van der Waals surface area contributed by atoms with E-state index in [4.69, 9.17) is 11.6 Å². The SMILES string of the molecule is O=C(NCC(c1c(F)cccc1Cl)N1CCCC1)c1cccnc1N1CCCCC1. The monoisotopic (exact) mass is 430 g/mol. The van der Waals surface area contributed by atoms with Crippen LogP contribution in [0.2, 0.25) is 5.02 Å². The number of likely N-dealkylation sites (tertiary alicyclic amines) is 1. The van der Waals surface area contributed by atoms with Crippen molar-refractivity contribution < 1.29 is 9.18 Å². The zero-order valence-electron chi connectivity index (χ0n) is 17.1. The molecule has 7 heteroatoms. The van der Waals surface area contributed by atoms with Crippen LogP contribution in [0.25, 0.3) is 0 Å². The zero-order valence-corrected chi connectivity index (χ0v) is 17.9. The molecule has 1 unspecified atom stereocenters. The lowest BCUT2D eigenvalue weighted by atomic mass is 10.0. The molecular formula is C23H28ClFN4O. The van der Waals surface area contributed by atoms with Crippen LogP contribution in [0.15, 0.2) is 36.5 Å². The number of halogens is 2. The largest absolute Gasteiger partial charge is 0.356 e. The second-order valence-corrected chi connectivity index (χ2v) is 8.43. The Kier molecular flexibility index (Phi) is 6.85. The van der Waals surface area contributed by atoms with Gasteiger partial charge in [-0.3, -0.25) is 9.69 Å². The Balaban J connectivity index is 1.54. The lowest BCUT2D eigenvalue weighted by Crippen LogP contribution is -2.38. The lowest BCUT2D eigenvalue weighted by Gasteiger charge is -2.30. The fourth-order valence-electron chi connectivity index (χ4n) is 4.51. The standard InChI is InChI=1S/C23H28ClFN4O/c24-18-9-6-10-19(25)21(18)20(28-12-4-5-13-28)16-27-23(30)17-8-7-11-26-22(17)29-14-2-1-3-15-29/h6-11,20H,1-5,12-16H2,(H,27,30). The third-order valence-electron chi connectivity index (χ3n) is 6.06. The van der Waals surface area contributed by atoms with Crippen molar-refractivity contribution in [1.29, 1.82) is 0 Å². The van der Waals surface area contributed by atoms with Gasteiger partial charge in [-0.15, -0.1) is 0 Å². The van der Waals surface area contributed by atoms with Gasteiger partial charge in [0.1, 0.15) is 11.6 Å². The van der Waals surface area contributed by atoms with Crippen molar-refractivity contribution in [2.45, 2.75) is 38.1 Å². The Morgan fingerprint density at radius 1 is 1.07 bits per heavy atom. The molecule has 2 aromatic rings. The van der Waals surface area contributed by atoms with E-state index in [1.807, 2.05) is 6.07 Å². The predicted octanol–water partition coefficient (Wildman–Crippen LogP) is 4.43. The number of hydrogen-bond donors (Lipinski definition) is 1. The van der Waals surface area contributed by atoms with Crippen LogP contribution in [0.5, 0.6) is 0 Å². The predicted molar refractivity (Wildman–Crippen MR) is 118 cm³/mol. The summed E-state index contributed by atoms with van der Waals surface area (Å²) < 4.78 is 14.7. The van der Waals surface area contributed by atoms with Crippen LogP contribution in [0.4, 0.5) is 10.2 Å². The summed E-state index contributed by atoms with van der Waals surface area (Å²) in [7, 11) is 0. The van der Waals surface area contributed by atoms with Crippen LogP contribution in [-0.4, -0.2) is 48.5 Å². The molecule has 3 heterocycles. The Labute approximate surface area is 182 Å². The van der Waals surface area contributed by atoms with Crippen molar-refractivity contribution in [3.63, 3.8) is 0 Å². The molecule has 160 valence electrons. The maximum Gasteiger partial charge on any atom is 0.255 e. The summed E-state index contributed by atoms with van der Waals surface area (Å²) in [4.78, 5) is 22.0. The molecule has 1 N–H and O–H groups in total. The highest BCUT2D eigenvalue weighted by Crippen LogP contribution is 2.32. The molecule has 2 aliphatic heterocycles.